The Balaban J connectivity index is 1.89. The molecule has 0 bridgehead atoms. The summed E-state index contributed by atoms with van der Waals surface area (Å²) < 4.78 is 27.1. The smallest absolute Gasteiger partial charge is 0.264 e. The molecule has 3 aromatic carbocycles. The summed E-state index contributed by atoms with van der Waals surface area (Å²) in [4.78, 5) is 12.6. The summed E-state index contributed by atoms with van der Waals surface area (Å²) in [6.07, 6.45) is 0. The molecule has 3 rings (SSSR count). The van der Waals surface area contributed by atoms with Gasteiger partial charge in [-0.3, -0.25) is 9.10 Å². The molecule has 0 fully saturated rings. The highest BCUT2D eigenvalue weighted by molar-refractivity contribution is 7.92. The van der Waals surface area contributed by atoms with Crippen LogP contribution < -0.4 is 9.62 Å². The molecular weight excluding hydrogens is 445 g/mol. The molecule has 9 heteroatoms. The van der Waals surface area contributed by atoms with E-state index in [1.807, 2.05) is 6.07 Å². The topological polar surface area (TPSA) is 90.3 Å². The van der Waals surface area contributed by atoms with E-state index >= 15 is 0 Å². The van der Waals surface area contributed by atoms with E-state index in [1.165, 1.54) is 43.4 Å². The first-order valence-electron chi connectivity index (χ1n) is 8.58. The zero-order valence-corrected chi connectivity index (χ0v) is 18.0. The summed E-state index contributed by atoms with van der Waals surface area (Å²) >= 11 is 11.7. The van der Waals surface area contributed by atoms with Crippen LogP contribution in [0, 0.1) is 11.3 Å². The van der Waals surface area contributed by atoms with Crippen molar-refractivity contribution in [1.82, 2.24) is 0 Å². The van der Waals surface area contributed by atoms with Gasteiger partial charge < -0.3 is 5.32 Å². The third-order valence-electron chi connectivity index (χ3n) is 4.30. The van der Waals surface area contributed by atoms with Gasteiger partial charge >= 0.3 is 0 Å². The summed E-state index contributed by atoms with van der Waals surface area (Å²) in [7, 11) is -2.50. The number of anilines is 2. The van der Waals surface area contributed by atoms with Crippen LogP contribution in [0.3, 0.4) is 0 Å². The summed E-state index contributed by atoms with van der Waals surface area (Å²) in [5, 5.41) is 12.7. The van der Waals surface area contributed by atoms with Crippen molar-refractivity contribution in [3.63, 3.8) is 0 Å². The number of rotatable bonds is 5. The quantitative estimate of drug-likeness (QED) is 0.584. The highest BCUT2D eigenvalue weighted by atomic mass is 35.5. The first kappa shape index (κ1) is 21.7. The van der Waals surface area contributed by atoms with E-state index in [2.05, 4.69) is 5.32 Å². The van der Waals surface area contributed by atoms with Crippen LogP contribution in [-0.2, 0) is 10.0 Å². The number of hydrogen-bond acceptors (Lipinski definition) is 4. The number of sulfonamides is 1. The number of carbonyl (C=O) groups excluding carboxylic acids is 1. The normalized spacial score (nSPS) is 10.9. The number of nitrogens with one attached hydrogen (secondary N) is 1. The minimum atomic E-state index is -3.91. The Labute approximate surface area is 184 Å². The Morgan fingerprint density at radius 1 is 1.00 bits per heavy atom. The van der Waals surface area contributed by atoms with Gasteiger partial charge in [0.25, 0.3) is 15.9 Å². The number of nitriles is 1. The van der Waals surface area contributed by atoms with E-state index in [4.69, 9.17) is 23.2 Å². The Morgan fingerprint density at radius 2 is 1.67 bits per heavy atom. The highest BCUT2D eigenvalue weighted by Crippen LogP contribution is 2.25. The maximum atomic E-state index is 13.0. The molecule has 0 atom stereocenters. The number of hydrogen-bond donors (Lipinski definition) is 1. The molecule has 0 radical (unpaired) electrons. The largest absolute Gasteiger partial charge is 0.321 e. The van der Waals surface area contributed by atoms with E-state index in [0.717, 1.165) is 4.31 Å². The standard InChI is InChI=1S/C21H15Cl2N3O3S/c1-26(18-8-5-16(22)6-9-18)30(28,29)19-4-2-3-14(12-19)21(27)25-20-10-7-17(23)11-15(20)13-24/h2-12H,1H3,(H,25,27). The zero-order valence-electron chi connectivity index (χ0n) is 15.6. The molecule has 0 aliphatic heterocycles. The average molecular weight is 460 g/mol. The predicted octanol–water partition coefficient (Wildman–Crippen LogP) is 4.94. The van der Waals surface area contributed by atoms with Crippen molar-refractivity contribution in [1.29, 1.82) is 5.26 Å². The molecule has 0 spiro atoms. The lowest BCUT2D eigenvalue weighted by atomic mass is 10.1. The number of nitrogens with zero attached hydrogens (tertiary/aromatic N) is 2. The average Bonchev–Trinajstić information content (AvgIpc) is 2.75. The van der Waals surface area contributed by atoms with Gasteiger partial charge in [-0.15, -0.1) is 0 Å². The maximum Gasteiger partial charge on any atom is 0.264 e. The third-order valence-corrected chi connectivity index (χ3v) is 6.56. The Bertz CT molecular complexity index is 1250. The minimum absolute atomic E-state index is 0.0517. The van der Waals surface area contributed by atoms with Gasteiger partial charge in [-0.25, -0.2) is 8.42 Å². The zero-order chi connectivity index (χ0) is 21.9. The van der Waals surface area contributed by atoms with Crippen molar-refractivity contribution in [3.05, 3.63) is 87.9 Å². The maximum absolute atomic E-state index is 13.0. The molecule has 0 aliphatic carbocycles. The summed E-state index contributed by atoms with van der Waals surface area (Å²) in [5.74, 6) is -0.556. The second-order valence-corrected chi connectivity index (χ2v) is 9.07. The molecule has 30 heavy (non-hydrogen) atoms. The summed E-state index contributed by atoms with van der Waals surface area (Å²) in [5.41, 5.74) is 1.02. The Morgan fingerprint density at radius 3 is 2.33 bits per heavy atom. The Hall–Kier alpha value is -3.05. The molecule has 0 saturated carbocycles. The van der Waals surface area contributed by atoms with Crippen molar-refractivity contribution < 1.29 is 13.2 Å². The van der Waals surface area contributed by atoms with Crippen LogP contribution in [0.25, 0.3) is 0 Å². The fourth-order valence-electron chi connectivity index (χ4n) is 2.66. The lowest BCUT2D eigenvalue weighted by Gasteiger charge is -2.20. The van der Waals surface area contributed by atoms with Gasteiger partial charge in [0, 0.05) is 22.7 Å². The molecule has 0 saturated heterocycles. The second-order valence-electron chi connectivity index (χ2n) is 6.23. The van der Waals surface area contributed by atoms with Gasteiger partial charge in [0.15, 0.2) is 0 Å². The fraction of sp³-hybridized carbons (Fsp3) is 0.0476. The second kappa shape index (κ2) is 8.76. The fourth-order valence-corrected chi connectivity index (χ4v) is 4.20. The van der Waals surface area contributed by atoms with Gasteiger partial charge in [0.1, 0.15) is 6.07 Å². The van der Waals surface area contributed by atoms with Crippen molar-refractivity contribution in [2.45, 2.75) is 4.90 Å². The van der Waals surface area contributed by atoms with Crippen molar-refractivity contribution in [3.8, 4) is 6.07 Å². The molecule has 0 aliphatic rings. The van der Waals surface area contributed by atoms with Crippen molar-refractivity contribution in [2.24, 2.45) is 0 Å². The summed E-state index contributed by atoms with van der Waals surface area (Å²) in [6.45, 7) is 0. The molecule has 0 unspecified atom stereocenters. The summed E-state index contributed by atoms with van der Waals surface area (Å²) in [6, 6.07) is 18.4. The van der Waals surface area contributed by atoms with Gasteiger partial charge in [-0.1, -0.05) is 29.3 Å². The van der Waals surface area contributed by atoms with Crippen LogP contribution in [0.2, 0.25) is 10.0 Å². The van der Waals surface area contributed by atoms with E-state index < -0.39 is 15.9 Å². The van der Waals surface area contributed by atoms with Gasteiger partial charge in [0.05, 0.1) is 21.8 Å². The lowest BCUT2D eigenvalue weighted by Crippen LogP contribution is -2.26. The van der Waals surface area contributed by atoms with Crippen LogP contribution >= 0.6 is 23.2 Å². The van der Waals surface area contributed by atoms with Crippen LogP contribution in [0.5, 0.6) is 0 Å². The van der Waals surface area contributed by atoms with Crippen LogP contribution in [0.15, 0.2) is 71.6 Å². The first-order valence-corrected chi connectivity index (χ1v) is 10.8. The lowest BCUT2D eigenvalue weighted by molar-refractivity contribution is 0.102. The molecule has 1 N–H and O–H groups in total. The highest BCUT2D eigenvalue weighted by Gasteiger charge is 2.22. The van der Waals surface area contributed by atoms with Crippen LogP contribution in [-0.4, -0.2) is 21.4 Å². The Kier molecular flexibility index (Phi) is 6.32. The van der Waals surface area contributed by atoms with Gasteiger partial charge in [-0.2, -0.15) is 5.26 Å². The van der Waals surface area contributed by atoms with E-state index in [9.17, 15) is 18.5 Å². The van der Waals surface area contributed by atoms with Crippen molar-refractivity contribution >= 4 is 50.5 Å². The number of benzene rings is 3. The molecule has 1 amide bonds. The van der Waals surface area contributed by atoms with Crippen LogP contribution in [0.1, 0.15) is 15.9 Å². The number of amides is 1. The SMILES string of the molecule is CN(c1ccc(Cl)cc1)S(=O)(=O)c1cccc(C(=O)Nc2ccc(Cl)cc2C#N)c1. The van der Waals surface area contributed by atoms with E-state index in [0.29, 0.717) is 15.7 Å². The first-order chi connectivity index (χ1) is 14.2. The molecule has 152 valence electrons. The molecule has 0 aromatic heterocycles. The van der Waals surface area contributed by atoms with E-state index in [1.54, 1.807) is 30.3 Å². The van der Waals surface area contributed by atoms with Gasteiger partial charge in [0.2, 0.25) is 0 Å². The molecular formula is C21H15Cl2N3O3S. The third kappa shape index (κ3) is 4.57. The van der Waals surface area contributed by atoms with Crippen LogP contribution in [0.4, 0.5) is 11.4 Å². The molecule has 6 nitrogen and oxygen atoms in total. The monoisotopic (exact) mass is 459 g/mol. The minimum Gasteiger partial charge on any atom is -0.321 e. The number of halogens is 2. The molecule has 3 aromatic rings. The van der Waals surface area contributed by atoms with Gasteiger partial charge in [-0.05, 0) is 60.7 Å². The number of carbonyl (C=O) groups is 1. The van der Waals surface area contributed by atoms with E-state index in [-0.39, 0.29) is 21.7 Å². The van der Waals surface area contributed by atoms with Crippen molar-refractivity contribution in [2.75, 3.05) is 16.7 Å². The predicted molar refractivity (Wildman–Crippen MR) is 118 cm³/mol. The molecule has 0 heterocycles.